The third kappa shape index (κ3) is 5.22. The number of sulfonamides is 1. The Kier molecular flexibility index (Phi) is 6.61. The Balaban J connectivity index is 1.53. The van der Waals surface area contributed by atoms with Gasteiger partial charge in [0.25, 0.3) is 10.0 Å². The fourth-order valence-corrected chi connectivity index (χ4v) is 5.30. The van der Waals surface area contributed by atoms with E-state index in [2.05, 4.69) is 22.9 Å². The van der Waals surface area contributed by atoms with E-state index in [4.69, 9.17) is 0 Å². The molecule has 0 spiro atoms. The van der Waals surface area contributed by atoms with Crippen LogP contribution in [-0.4, -0.2) is 32.4 Å². The molecule has 178 valence electrons. The Morgan fingerprint density at radius 2 is 1.68 bits per heavy atom. The molecule has 0 atom stereocenters. The SMILES string of the molecule is Cc1cc(C)cc(CN2CCCN(c3cccc(NS(=O)(=O)c4ccc(C)c(F)c4)c3)C2=O)c1. The van der Waals surface area contributed by atoms with Crippen molar-refractivity contribution in [3.63, 3.8) is 0 Å². The van der Waals surface area contributed by atoms with Gasteiger partial charge >= 0.3 is 6.03 Å². The highest BCUT2D eigenvalue weighted by atomic mass is 32.2. The minimum Gasteiger partial charge on any atom is -0.320 e. The van der Waals surface area contributed by atoms with Crippen LogP contribution in [0.15, 0.2) is 65.6 Å². The summed E-state index contributed by atoms with van der Waals surface area (Å²) in [6.45, 7) is 7.37. The quantitative estimate of drug-likeness (QED) is 0.514. The molecule has 0 saturated carbocycles. The average molecular weight is 482 g/mol. The molecule has 3 aromatic rings. The van der Waals surface area contributed by atoms with Crippen molar-refractivity contribution in [1.82, 2.24) is 4.90 Å². The van der Waals surface area contributed by atoms with Gasteiger partial charge < -0.3 is 4.90 Å². The predicted octanol–water partition coefficient (Wildman–Crippen LogP) is 5.38. The summed E-state index contributed by atoms with van der Waals surface area (Å²) in [7, 11) is -3.98. The molecule has 1 aliphatic rings. The number of halogens is 1. The van der Waals surface area contributed by atoms with Gasteiger partial charge in [-0.05, 0) is 68.7 Å². The van der Waals surface area contributed by atoms with Gasteiger partial charge in [-0.3, -0.25) is 9.62 Å². The van der Waals surface area contributed by atoms with Gasteiger partial charge in [0, 0.05) is 25.3 Å². The van der Waals surface area contributed by atoms with Crippen LogP contribution in [0.5, 0.6) is 0 Å². The van der Waals surface area contributed by atoms with Crippen molar-refractivity contribution in [1.29, 1.82) is 0 Å². The number of hydrogen-bond acceptors (Lipinski definition) is 3. The number of nitrogens with zero attached hydrogens (tertiary/aromatic N) is 2. The molecule has 1 N–H and O–H groups in total. The summed E-state index contributed by atoms with van der Waals surface area (Å²) >= 11 is 0. The topological polar surface area (TPSA) is 69.7 Å². The van der Waals surface area contributed by atoms with Crippen molar-refractivity contribution < 1.29 is 17.6 Å². The molecule has 0 unspecified atom stereocenters. The fraction of sp³-hybridized carbons (Fsp3) is 0.269. The second-order valence-corrected chi connectivity index (χ2v) is 10.5. The summed E-state index contributed by atoms with van der Waals surface area (Å²) in [5.74, 6) is -0.584. The smallest absolute Gasteiger partial charge is 0.320 e. The number of nitrogens with one attached hydrogen (secondary N) is 1. The molecule has 0 aromatic heterocycles. The largest absolute Gasteiger partial charge is 0.324 e. The Hall–Kier alpha value is -3.39. The van der Waals surface area contributed by atoms with Crippen LogP contribution in [0.2, 0.25) is 0 Å². The first-order chi connectivity index (χ1) is 16.1. The third-order valence-corrected chi connectivity index (χ3v) is 7.21. The van der Waals surface area contributed by atoms with Crippen LogP contribution in [0.25, 0.3) is 0 Å². The molecular weight excluding hydrogens is 453 g/mol. The van der Waals surface area contributed by atoms with E-state index in [0.29, 0.717) is 36.6 Å². The van der Waals surface area contributed by atoms with Gasteiger partial charge in [0.1, 0.15) is 5.82 Å². The van der Waals surface area contributed by atoms with Gasteiger partial charge in [0.15, 0.2) is 0 Å². The van der Waals surface area contributed by atoms with Crippen molar-refractivity contribution >= 4 is 27.4 Å². The summed E-state index contributed by atoms with van der Waals surface area (Å²) in [5.41, 5.74) is 4.67. The second kappa shape index (κ2) is 9.46. The Morgan fingerprint density at radius 1 is 0.941 bits per heavy atom. The minimum atomic E-state index is -3.98. The van der Waals surface area contributed by atoms with E-state index in [0.717, 1.165) is 29.2 Å². The van der Waals surface area contributed by atoms with Crippen LogP contribution in [0, 0.1) is 26.6 Å². The van der Waals surface area contributed by atoms with Gasteiger partial charge in [-0.25, -0.2) is 17.6 Å². The summed E-state index contributed by atoms with van der Waals surface area (Å²) < 4.78 is 41.9. The fourth-order valence-electron chi connectivity index (χ4n) is 4.24. The summed E-state index contributed by atoms with van der Waals surface area (Å²) in [6, 6.07) is 16.7. The van der Waals surface area contributed by atoms with Crippen LogP contribution in [0.4, 0.5) is 20.6 Å². The summed E-state index contributed by atoms with van der Waals surface area (Å²) in [5, 5.41) is 0. The lowest BCUT2D eigenvalue weighted by atomic mass is 10.1. The number of aryl methyl sites for hydroxylation is 3. The zero-order valence-corrected chi connectivity index (χ0v) is 20.3. The first kappa shape index (κ1) is 23.8. The van der Waals surface area contributed by atoms with E-state index >= 15 is 0 Å². The van der Waals surface area contributed by atoms with E-state index in [1.807, 2.05) is 18.7 Å². The molecule has 1 fully saturated rings. The molecular formula is C26H28FN3O3S. The van der Waals surface area contributed by atoms with E-state index in [1.165, 1.54) is 12.1 Å². The zero-order chi connectivity index (χ0) is 24.5. The van der Waals surface area contributed by atoms with Gasteiger partial charge in [0.05, 0.1) is 10.6 Å². The highest BCUT2D eigenvalue weighted by molar-refractivity contribution is 7.92. The summed E-state index contributed by atoms with van der Waals surface area (Å²) in [6.07, 6.45) is 0.801. The number of benzene rings is 3. The van der Waals surface area contributed by atoms with Crippen LogP contribution >= 0.6 is 0 Å². The number of anilines is 2. The average Bonchev–Trinajstić information content (AvgIpc) is 2.76. The molecule has 4 rings (SSSR count). The van der Waals surface area contributed by atoms with Crippen molar-refractivity contribution in [2.24, 2.45) is 0 Å². The molecule has 1 heterocycles. The lowest BCUT2D eigenvalue weighted by Crippen LogP contribution is -2.49. The van der Waals surface area contributed by atoms with E-state index in [9.17, 15) is 17.6 Å². The van der Waals surface area contributed by atoms with Crippen LogP contribution in [0.3, 0.4) is 0 Å². The standard InChI is InChI=1S/C26H28FN3O3S/c1-18-12-19(2)14-21(13-18)17-29-10-5-11-30(26(29)31)23-7-4-6-22(15-23)28-34(32,33)24-9-8-20(3)25(27)16-24/h4,6-9,12-16,28H,5,10-11,17H2,1-3H3. The Labute approximate surface area is 200 Å². The summed E-state index contributed by atoms with van der Waals surface area (Å²) in [4.78, 5) is 16.6. The van der Waals surface area contributed by atoms with Crippen LogP contribution < -0.4 is 9.62 Å². The van der Waals surface area contributed by atoms with Gasteiger partial charge in [-0.15, -0.1) is 0 Å². The van der Waals surface area contributed by atoms with Crippen molar-refractivity contribution in [3.05, 3.63) is 88.7 Å². The molecule has 8 heteroatoms. The number of hydrogen-bond donors (Lipinski definition) is 1. The maximum Gasteiger partial charge on any atom is 0.324 e. The second-order valence-electron chi connectivity index (χ2n) is 8.77. The number of rotatable bonds is 6. The molecule has 0 bridgehead atoms. The molecule has 0 aliphatic carbocycles. The highest BCUT2D eigenvalue weighted by Crippen LogP contribution is 2.26. The maximum absolute atomic E-state index is 13.9. The van der Waals surface area contributed by atoms with Gasteiger partial charge in [0.2, 0.25) is 0 Å². The maximum atomic E-state index is 13.9. The van der Waals surface area contributed by atoms with Crippen LogP contribution in [0.1, 0.15) is 28.7 Å². The van der Waals surface area contributed by atoms with E-state index in [-0.39, 0.29) is 10.9 Å². The minimum absolute atomic E-state index is 0.119. The molecule has 6 nitrogen and oxygen atoms in total. The zero-order valence-electron chi connectivity index (χ0n) is 19.5. The van der Waals surface area contributed by atoms with Crippen LogP contribution in [-0.2, 0) is 16.6 Å². The number of carbonyl (C=O) groups is 1. The molecule has 34 heavy (non-hydrogen) atoms. The lowest BCUT2D eigenvalue weighted by Gasteiger charge is -2.36. The number of urea groups is 1. The Bertz CT molecular complexity index is 1320. The van der Waals surface area contributed by atoms with E-state index in [1.54, 1.807) is 36.1 Å². The lowest BCUT2D eigenvalue weighted by molar-refractivity contribution is 0.192. The van der Waals surface area contributed by atoms with Gasteiger partial charge in [-0.2, -0.15) is 0 Å². The first-order valence-corrected chi connectivity index (χ1v) is 12.6. The number of amides is 2. The number of carbonyl (C=O) groups excluding carboxylic acids is 1. The molecule has 0 radical (unpaired) electrons. The highest BCUT2D eigenvalue weighted by Gasteiger charge is 2.27. The van der Waals surface area contributed by atoms with Crippen molar-refractivity contribution in [3.8, 4) is 0 Å². The normalized spacial score (nSPS) is 14.4. The van der Waals surface area contributed by atoms with Crippen molar-refractivity contribution in [2.45, 2.75) is 38.6 Å². The Morgan fingerprint density at radius 3 is 2.38 bits per heavy atom. The molecule has 3 aromatic carbocycles. The third-order valence-electron chi connectivity index (χ3n) is 5.83. The molecule has 1 aliphatic heterocycles. The monoisotopic (exact) mass is 481 g/mol. The predicted molar refractivity (Wildman–Crippen MR) is 132 cm³/mol. The van der Waals surface area contributed by atoms with E-state index < -0.39 is 15.8 Å². The molecule has 2 amide bonds. The first-order valence-electron chi connectivity index (χ1n) is 11.1. The molecule has 1 saturated heterocycles. The van der Waals surface area contributed by atoms with Crippen molar-refractivity contribution in [2.75, 3.05) is 22.7 Å². The van der Waals surface area contributed by atoms with Gasteiger partial charge in [-0.1, -0.05) is 41.5 Å².